The van der Waals surface area contributed by atoms with Gasteiger partial charge in [0.25, 0.3) is 11.5 Å². The molecule has 0 saturated carbocycles. The second-order valence-corrected chi connectivity index (χ2v) is 5.84. The molecule has 1 saturated heterocycles. The van der Waals surface area contributed by atoms with Gasteiger partial charge in [0, 0.05) is 38.4 Å². The predicted molar refractivity (Wildman–Crippen MR) is 91.9 cm³/mol. The van der Waals surface area contributed by atoms with E-state index in [1.54, 1.807) is 17.0 Å². The van der Waals surface area contributed by atoms with Crippen LogP contribution in [0.3, 0.4) is 0 Å². The van der Waals surface area contributed by atoms with Crippen LogP contribution < -0.4 is 5.56 Å². The highest BCUT2D eigenvalue weighted by Gasteiger charge is 2.23. The number of hydrogen-bond acceptors (Lipinski definition) is 4. The number of rotatable bonds is 4. The van der Waals surface area contributed by atoms with Crippen molar-refractivity contribution in [2.75, 3.05) is 39.3 Å². The lowest BCUT2D eigenvalue weighted by atomic mass is 10.1. The van der Waals surface area contributed by atoms with Crippen molar-refractivity contribution in [3.63, 3.8) is 0 Å². The number of carbonyl (C=O) groups excluding carboxylic acids is 1. The molecule has 1 amide bonds. The summed E-state index contributed by atoms with van der Waals surface area (Å²) in [7, 11) is 0. The second-order valence-electron chi connectivity index (χ2n) is 5.84. The highest BCUT2D eigenvalue weighted by molar-refractivity contribution is 5.94. The highest BCUT2D eigenvalue weighted by atomic mass is 16.3. The number of piperazine rings is 1. The Balaban J connectivity index is 1.73. The van der Waals surface area contributed by atoms with Crippen LogP contribution in [0.1, 0.15) is 10.4 Å². The van der Waals surface area contributed by atoms with Gasteiger partial charge in [-0.05, 0) is 17.7 Å². The van der Waals surface area contributed by atoms with Crippen LogP contribution in [-0.4, -0.2) is 65.1 Å². The molecular formula is C18H21N3O3. The number of nitrogens with zero attached hydrogens (tertiary/aromatic N) is 2. The van der Waals surface area contributed by atoms with Gasteiger partial charge >= 0.3 is 0 Å². The van der Waals surface area contributed by atoms with Crippen molar-refractivity contribution in [2.45, 2.75) is 0 Å². The highest BCUT2D eigenvalue weighted by Crippen LogP contribution is 2.15. The van der Waals surface area contributed by atoms with Gasteiger partial charge in [0.15, 0.2) is 0 Å². The summed E-state index contributed by atoms with van der Waals surface area (Å²) in [6.45, 7) is 3.30. The Labute approximate surface area is 140 Å². The number of aliphatic hydroxyl groups is 1. The number of nitrogens with one attached hydrogen (secondary N) is 1. The van der Waals surface area contributed by atoms with Crippen LogP contribution in [0.2, 0.25) is 0 Å². The maximum Gasteiger partial charge on any atom is 0.261 e. The number of β-amino-alcohol motifs (C(OH)–C–C–N with tert-alkyl or cyclic N) is 1. The molecule has 0 radical (unpaired) electrons. The van der Waals surface area contributed by atoms with Gasteiger partial charge in [-0.15, -0.1) is 0 Å². The minimum absolute atomic E-state index is 0.120. The van der Waals surface area contributed by atoms with Crippen molar-refractivity contribution >= 4 is 5.91 Å². The van der Waals surface area contributed by atoms with E-state index in [1.165, 1.54) is 0 Å². The van der Waals surface area contributed by atoms with Crippen LogP contribution in [0, 0.1) is 0 Å². The molecule has 1 aliphatic rings. The third-order valence-electron chi connectivity index (χ3n) is 4.30. The summed E-state index contributed by atoms with van der Waals surface area (Å²) in [6, 6.07) is 12.9. The number of aliphatic hydroxyl groups excluding tert-OH is 1. The molecule has 3 rings (SSSR count). The van der Waals surface area contributed by atoms with Gasteiger partial charge in [-0.3, -0.25) is 14.5 Å². The number of aromatic nitrogens is 1. The van der Waals surface area contributed by atoms with Crippen molar-refractivity contribution < 1.29 is 9.90 Å². The standard InChI is InChI=1S/C18H21N3O3/c22-13-12-20-8-10-21(11-9-20)18(24)15-6-7-16(19-17(15)23)14-4-2-1-3-5-14/h1-7,22H,8-13H2,(H,19,23). The van der Waals surface area contributed by atoms with Crippen LogP contribution in [-0.2, 0) is 0 Å². The molecular weight excluding hydrogens is 306 g/mol. The van der Waals surface area contributed by atoms with Gasteiger partial charge in [-0.2, -0.15) is 0 Å². The van der Waals surface area contributed by atoms with Crippen LogP contribution in [0.4, 0.5) is 0 Å². The first-order valence-corrected chi connectivity index (χ1v) is 8.10. The summed E-state index contributed by atoms with van der Waals surface area (Å²) in [4.78, 5) is 31.5. The van der Waals surface area contributed by atoms with Crippen molar-refractivity contribution in [3.8, 4) is 11.3 Å². The lowest BCUT2D eigenvalue weighted by molar-refractivity contribution is 0.0613. The number of amides is 1. The second kappa shape index (κ2) is 7.42. The van der Waals surface area contributed by atoms with E-state index in [9.17, 15) is 9.59 Å². The first-order chi connectivity index (χ1) is 11.7. The fourth-order valence-electron chi connectivity index (χ4n) is 2.91. The number of H-pyrrole nitrogens is 1. The maximum atomic E-state index is 12.6. The van der Waals surface area contributed by atoms with Crippen molar-refractivity contribution in [2.24, 2.45) is 0 Å². The minimum Gasteiger partial charge on any atom is -0.395 e. The Morgan fingerprint density at radius 1 is 1.04 bits per heavy atom. The summed E-state index contributed by atoms with van der Waals surface area (Å²) >= 11 is 0. The quantitative estimate of drug-likeness (QED) is 0.870. The number of pyridine rings is 1. The van der Waals surface area contributed by atoms with Crippen LogP contribution in [0.25, 0.3) is 11.3 Å². The normalized spacial score (nSPS) is 15.5. The molecule has 24 heavy (non-hydrogen) atoms. The van der Waals surface area contributed by atoms with E-state index in [1.807, 2.05) is 30.3 Å². The molecule has 0 unspecified atom stereocenters. The number of carbonyl (C=O) groups is 1. The molecule has 2 heterocycles. The zero-order valence-electron chi connectivity index (χ0n) is 13.4. The lowest BCUT2D eigenvalue weighted by Gasteiger charge is -2.34. The predicted octanol–water partition coefficient (Wildman–Crippen LogP) is 0.792. The molecule has 0 spiro atoms. The Hall–Kier alpha value is -2.44. The zero-order valence-corrected chi connectivity index (χ0v) is 13.4. The molecule has 1 aromatic heterocycles. The fourth-order valence-corrected chi connectivity index (χ4v) is 2.91. The van der Waals surface area contributed by atoms with E-state index >= 15 is 0 Å². The lowest BCUT2D eigenvalue weighted by Crippen LogP contribution is -2.50. The van der Waals surface area contributed by atoms with Gasteiger partial charge in [-0.25, -0.2) is 0 Å². The molecule has 0 aliphatic carbocycles. The molecule has 1 aliphatic heterocycles. The van der Waals surface area contributed by atoms with Crippen molar-refractivity contribution in [3.05, 3.63) is 58.4 Å². The van der Waals surface area contributed by atoms with Gasteiger partial charge in [0.2, 0.25) is 0 Å². The molecule has 1 aromatic carbocycles. The van der Waals surface area contributed by atoms with E-state index in [-0.39, 0.29) is 23.6 Å². The summed E-state index contributed by atoms with van der Waals surface area (Å²) in [5.74, 6) is -0.237. The van der Waals surface area contributed by atoms with E-state index < -0.39 is 0 Å². The fraction of sp³-hybridized carbons (Fsp3) is 0.333. The third-order valence-corrected chi connectivity index (χ3v) is 4.30. The Kier molecular flexibility index (Phi) is 5.08. The molecule has 1 fully saturated rings. The van der Waals surface area contributed by atoms with E-state index in [0.717, 1.165) is 5.56 Å². The van der Waals surface area contributed by atoms with E-state index in [0.29, 0.717) is 38.4 Å². The first kappa shape index (κ1) is 16.4. The first-order valence-electron chi connectivity index (χ1n) is 8.10. The zero-order chi connectivity index (χ0) is 16.9. The molecule has 2 aromatic rings. The Morgan fingerprint density at radius 3 is 2.38 bits per heavy atom. The van der Waals surface area contributed by atoms with E-state index in [4.69, 9.17) is 5.11 Å². The van der Waals surface area contributed by atoms with Crippen LogP contribution in [0.15, 0.2) is 47.3 Å². The smallest absolute Gasteiger partial charge is 0.261 e. The van der Waals surface area contributed by atoms with Crippen molar-refractivity contribution in [1.29, 1.82) is 0 Å². The molecule has 2 N–H and O–H groups in total. The maximum absolute atomic E-state index is 12.6. The van der Waals surface area contributed by atoms with Crippen LogP contribution >= 0.6 is 0 Å². The number of aromatic amines is 1. The average Bonchev–Trinajstić information content (AvgIpc) is 2.63. The van der Waals surface area contributed by atoms with Gasteiger partial charge in [0.05, 0.1) is 6.61 Å². The Bertz CT molecular complexity index is 750. The summed E-state index contributed by atoms with van der Waals surface area (Å²) in [6.07, 6.45) is 0. The minimum atomic E-state index is -0.362. The van der Waals surface area contributed by atoms with E-state index in [2.05, 4.69) is 9.88 Å². The summed E-state index contributed by atoms with van der Waals surface area (Å²) in [5, 5.41) is 8.96. The average molecular weight is 327 g/mol. The largest absolute Gasteiger partial charge is 0.395 e. The van der Waals surface area contributed by atoms with Gasteiger partial charge < -0.3 is 15.0 Å². The number of benzene rings is 1. The molecule has 126 valence electrons. The molecule has 6 heteroatoms. The SMILES string of the molecule is O=C(c1ccc(-c2ccccc2)[nH]c1=O)N1CCN(CCO)CC1. The Morgan fingerprint density at radius 2 is 1.75 bits per heavy atom. The molecule has 6 nitrogen and oxygen atoms in total. The van der Waals surface area contributed by atoms with Gasteiger partial charge in [-0.1, -0.05) is 30.3 Å². The monoisotopic (exact) mass is 327 g/mol. The topological polar surface area (TPSA) is 76.6 Å². The molecule has 0 atom stereocenters. The summed E-state index contributed by atoms with van der Waals surface area (Å²) in [5.41, 5.74) is 1.42. The van der Waals surface area contributed by atoms with Crippen LogP contribution in [0.5, 0.6) is 0 Å². The number of hydrogen-bond donors (Lipinski definition) is 2. The summed E-state index contributed by atoms with van der Waals surface area (Å²) < 4.78 is 0. The third kappa shape index (κ3) is 3.55. The molecule has 0 bridgehead atoms. The van der Waals surface area contributed by atoms with Crippen molar-refractivity contribution in [1.82, 2.24) is 14.8 Å². The van der Waals surface area contributed by atoms with Gasteiger partial charge in [0.1, 0.15) is 5.56 Å².